The minimum atomic E-state index is -1.10. The number of carbonyl (C=O) groups is 1. The van der Waals surface area contributed by atoms with Crippen LogP contribution >= 0.6 is 0 Å². The maximum Gasteiger partial charge on any atom is 0.508 e. The number of rotatable bonds is 7. The maximum atomic E-state index is 11.0. The van der Waals surface area contributed by atoms with Gasteiger partial charge in [-0.1, -0.05) is 44.4 Å². The minimum Gasteiger partial charge on any atom is -0.435 e. The van der Waals surface area contributed by atoms with Gasteiger partial charge < -0.3 is 9.47 Å². The van der Waals surface area contributed by atoms with Gasteiger partial charge >= 0.3 is 6.16 Å². The lowest BCUT2D eigenvalue weighted by Crippen LogP contribution is -2.37. The lowest BCUT2D eigenvalue weighted by molar-refractivity contribution is 0.0591. The van der Waals surface area contributed by atoms with Gasteiger partial charge in [0, 0.05) is 16.1 Å². The molecule has 17 heavy (non-hydrogen) atoms. The van der Waals surface area contributed by atoms with E-state index in [1.807, 2.05) is 0 Å². The van der Waals surface area contributed by atoms with Gasteiger partial charge in [0.2, 0.25) is 0 Å². The third-order valence-corrected chi connectivity index (χ3v) is 12.3. The van der Waals surface area contributed by atoms with Crippen molar-refractivity contribution in [2.75, 3.05) is 13.2 Å². The van der Waals surface area contributed by atoms with Crippen LogP contribution in [0.1, 0.15) is 13.3 Å². The van der Waals surface area contributed by atoms with Crippen LogP contribution in [0.5, 0.6) is 0 Å². The lowest BCUT2D eigenvalue weighted by Gasteiger charge is -2.29. The molecule has 0 amide bonds. The molecule has 0 heterocycles. The largest absolute Gasteiger partial charge is 0.508 e. The summed E-state index contributed by atoms with van der Waals surface area (Å²) in [6, 6.07) is 1.23. The first kappa shape index (κ1) is 16.7. The van der Waals surface area contributed by atoms with Crippen molar-refractivity contribution in [2.24, 2.45) is 0 Å². The van der Waals surface area contributed by atoms with Crippen molar-refractivity contribution in [3.63, 3.8) is 0 Å². The van der Waals surface area contributed by atoms with Crippen molar-refractivity contribution < 1.29 is 14.3 Å². The highest BCUT2D eigenvalue weighted by Gasteiger charge is 2.28. The third kappa shape index (κ3) is 10.6. The van der Waals surface area contributed by atoms with E-state index in [2.05, 4.69) is 32.7 Å². The zero-order chi connectivity index (χ0) is 13.5. The predicted octanol–water partition coefficient (Wildman–Crippen LogP) is 4.14. The summed E-state index contributed by atoms with van der Waals surface area (Å²) in [5.41, 5.74) is 1.44. The van der Waals surface area contributed by atoms with Crippen molar-refractivity contribution in [3.05, 3.63) is 0 Å². The molecule has 0 rings (SSSR count). The lowest BCUT2D eigenvalue weighted by atomic mass is 10.5. The van der Waals surface area contributed by atoms with E-state index in [0.717, 1.165) is 6.42 Å². The van der Waals surface area contributed by atoms with Crippen LogP contribution in [0.4, 0.5) is 4.79 Å². The Kier molecular flexibility index (Phi) is 7.08. The van der Waals surface area contributed by atoms with Gasteiger partial charge in [0.15, 0.2) is 0 Å². The third-order valence-electron chi connectivity index (χ3n) is 2.49. The van der Waals surface area contributed by atoms with E-state index >= 15 is 0 Å². The van der Waals surface area contributed by atoms with Crippen LogP contribution in [0.2, 0.25) is 44.4 Å². The molecular weight excluding hydrogens is 248 g/mol. The Morgan fingerprint density at radius 1 is 1.06 bits per heavy atom. The van der Waals surface area contributed by atoms with E-state index < -0.39 is 22.3 Å². The summed E-state index contributed by atoms with van der Waals surface area (Å²) in [5.74, 6) is 0. The average molecular weight is 277 g/mol. The van der Waals surface area contributed by atoms with Crippen LogP contribution in [0.25, 0.3) is 0 Å². The molecule has 0 aromatic rings. The molecule has 0 aromatic heterocycles. The monoisotopic (exact) mass is 276 g/mol. The smallest absolute Gasteiger partial charge is 0.435 e. The number of hydrogen-bond donors (Lipinski definition) is 0. The summed E-state index contributed by atoms with van der Waals surface area (Å²) in [5, 5.41) is 0. The molecule has 0 radical (unpaired) electrons. The fourth-order valence-corrected chi connectivity index (χ4v) is 15.7. The van der Waals surface area contributed by atoms with Gasteiger partial charge in [0.25, 0.3) is 0 Å². The molecule has 5 heteroatoms. The Labute approximate surface area is 108 Å². The van der Waals surface area contributed by atoms with E-state index in [4.69, 9.17) is 9.47 Å². The highest BCUT2D eigenvalue weighted by atomic mass is 28.4. The Morgan fingerprint density at radius 2 is 1.65 bits per heavy atom. The van der Waals surface area contributed by atoms with Crippen LogP contribution in [0.3, 0.4) is 0 Å². The van der Waals surface area contributed by atoms with E-state index in [0.29, 0.717) is 13.2 Å². The molecule has 0 fully saturated rings. The maximum absolute atomic E-state index is 11.0. The zero-order valence-corrected chi connectivity index (χ0v) is 14.3. The Morgan fingerprint density at radius 3 is 2.12 bits per heavy atom. The van der Waals surface area contributed by atoms with Gasteiger partial charge in [-0.25, -0.2) is 4.79 Å². The molecule has 0 saturated heterocycles. The SMILES string of the molecule is CCOC(=O)OCCC[Si](C)(C)C[Si](C)(C)C. The van der Waals surface area contributed by atoms with Crippen LogP contribution in [0.15, 0.2) is 0 Å². The molecule has 0 bridgehead atoms. The fourth-order valence-electron chi connectivity index (χ4n) is 2.39. The molecular formula is C12H28O3Si2. The second kappa shape index (κ2) is 7.21. The molecule has 0 spiro atoms. The molecule has 0 aliphatic heterocycles. The van der Waals surface area contributed by atoms with Crippen molar-refractivity contribution >= 4 is 22.3 Å². The Balaban J connectivity index is 3.76. The van der Waals surface area contributed by atoms with E-state index in [1.165, 1.54) is 11.7 Å². The standard InChI is InChI=1S/C12H28O3Si2/c1-7-14-12(13)15-9-8-10-17(5,6)11-16(2,3)4/h7-11H2,1-6H3. The van der Waals surface area contributed by atoms with Gasteiger partial charge in [-0.2, -0.15) is 0 Å². The average Bonchev–Trinajstić information content (AvgIpc) is 2.09. The van der Waals surface area contributed by atoms with Crippen LogP contribution in [0, 0.1) is 0 Å². The van der Waals surface area contributed by atoms with E-state index in [9.17, 15) is 4.79 Å². The molecule has 0 aliphatic rings. The number of ether oxygens (including phenoxy) is 2. The van der Waals surface area contributed by atoms with Gasteiger partial charge in [-0.3, -0.25) is 0 Å². The number of carbonyl (C=O) groups excluding carboxylic acids is 1. The van der Waals surface area contributed by atoms with Crippen LogP contribution in [-0.2, 0) is 9.47 Å². The highest BCUT2D eigenvalue weighted by molar-refractivity contribution is 6.94. The molecule has 0 N–H and O–H groups in total. The number of hydrogen-bond acceptors (Lipinski definition) is 3. The second-order valence-electron chi connectivity index (χ2n) is 6.54. The topological polar surface area (TPSA) is 35.5 Å². The molecule has 0 atom stereocenters. The first-order valence-electron chi connectivity index (χ1n) is 6.46. The van der Waals surface area contributed by atoms with Gasteiger partial charge in [-0.15, -0.1) is 0 Å². The summed E-state index contributed by atoms with van der Waals surface area (Å²) < 4.78 is 9.69. The van der Waals surface area contributed by atoms with Crippen molar-refractivity contribution in [3.8, 4) is 0 Å². The summed E-state index contributed by atoms with van der Waals surface area (Å²) in [7, 11) is -2.06. The first-order valence-corrected chi connectivity index (χ1v) is 13.6. The van der Waals surface area contributed by atoms with Crippen LogP contribution < -0.4 is 0 Å². The molecule has 102 valence electrons. The molecule has 0 saturated carbocycles. The summed E-state index contributed by atoms with van der Waals surface area (Å²) in [6.07, 6.45) is 0.444. The molecule has 3 nitrogen and oxygen atoms in total. The highest BCUT2D eigenvalue weighted by Crippen LogP contribution is 2.24. The normalized spacial score (nSPS) is 12.4. The quantitative estimate of drug-likeness (QED) is 0.398. The fraction of sp³-hybridized carbons (Fsp3) is 0.917. The molecule has 0 aliphatic carbocycles. The zero-order valence-electron chi connectivity index (χ0n) is 12.3. The van der Waals surface area contributed by atoms with Crippen molar-refractivity contribution in [1.29, 1.82) is 0 Å². The van der Waals surface area contributed by atoms with Crippen molar-refractivity contribution in [2.45, 2.75) is 57.8 Å². The van der Waals surface area contributed by atoms with Gasteiger partial charge in [0.05, 0.1) is 13.2 Å². The van der Waals surface area contributed by atoms with Crippen LogP contribution in [-0.4, -0.2) is 35.5 Å². The predicted molar refractivity (Wildman–Crippen MR) is 78.0 cm³/mol. The van der Waals surface area contributed by atoms with E-state index in [-0.39, 0.29) is 0 Å². The molecule has 0 unspecified atom stereocenters. The first-order chi connectivity index (χ1) is 7.66. The molecule has 0 aromatic carbocycles. The van der Waals surface area contributed by atoms with Gasteiger partial charge in [-0.05, 0) is 13.3 Å². The summed E-state index contributed by atoms with van der Waals surface area (Å²) in [6.45, 7) is 14.8. The minimum absolute atomic E-state index is 0.384. The van der Waals surface area contributed by atoms with E-state index in [1.54, 1.807) is 6.92 Å². The Hall–Kier alpha value is -0.296. The Bertz CT molecular complexity index is 234. The second-order valence-corrected chi connectivity index (χ2v) is 17.9. The summed E-state index contributed by atoms with van der Waals surface area (Å²) >= 11 is 0. The summed E-state index contributed by atoms with van der Waals surface area (Å²) in [4.78, 5) is 11.0. The van der Waals surface area contributed by atoms with Crippen molar-refractivity contribution in [1.82, 2.24) is 0 Å². The van der Waals surface area contributed by atoms with Gasteiger partial charge in [0.1, 0.15) is 0 Å².